The van der Waals surface area contributed by atoms with Crippen LogP contribution in [0.5, 0.6) is 0 Å². The molecule has 2 aromatic rings. The highest BCUT2D eigenvalue weighted by Crippen LogP contribution is 2.30. The van der Waals surface area contributed by atoms with Gasteiger partial charge in [0.25, 0.3) is 0 Å². The Morgan fingerprint density at radius 2 is 2.35 bits per heavy atom. The van der Waals surface area contributed by atoms with Crippen LogP contribution in [0, 0.1) is 0 Å². The number of nitrogens with one attached hydrogen (secondary N) is 2. The van der Waals surface area contributed by atoms with Crippen LogP contribution in [0.3, 0.4) is 0 Å². The standard InChI is InChI=1S/C14H20N4OS/c1-3-10-7-11-12(16-8-9-5-4-6-19-9)17-14(15-2)18-13(11)20-10/h7,9H,3-6,8H2,1-2H3,(H2,15,16,17,18). The van der Waals surface area contributed by atoms with Gasteiger partial charge in [0.1, 0.15) is 10.6 Å². The van der Waals surface area contributed by atoms with Crippen molar-refractivity contribution in [3.8, 4) is 0 Å². The molecule has 3 heterocycles. The zero-order valence-electron chi connectivity index (χ0n) is 11.9. The van der Waals surface area contributed by atoms with E-state index < -0.39 is 0 Å². The summed E-state index contributed by atoms with van der Waals surface area (Å²) in [4.78, 5) is 11.4. The van der Waals surface area contributed by atoms with E-state index in [-0.39, 0.29) is 0 Å². The molecule has 1 aliphatic rings. The minimum atomic E-state index is 0.308. The van der Waals surface area contributed by atoms with Crippen molar-refractivity contribution in [3.05, 3.63) is 10.9 Å². The van der Waals surface area contributed by atoms with Crippen molar-refractivity contribution in [3.63, 3.8) is 0 Å². The van der Waals surface area contributed by atoms with Crippen LogP contribution in [-0.2, 0) is 11.2 Å². The summed E-state index contributed by atoms with van der Waals surface area (Å²) >= 11 is 1.74. The molecular formula is C14H20N4OS. The van der Waals surface area contributed by atoms with Crippen molar-refractivity contribution in [2.75, 3.05) is 30.8 Å². The molecule has 0 aliphatic carbocycles. The molecule has 2 N–H and O–H groups in total. The highest BCUT2D eigenvalue weighted by molar-refractivity contribution is 7.18. The van der Waals surface area contributed by atoms with Crippen molar-refractivity contribution in [1.29, 1.82) is 0 Å². The maximum Gasteiger partial charge on any atom is 0.225 e. The van der Waals surface area contributed by atoms with E-state index in [9.17, 15) is 0 Å². The number of anilines is 2. The van der Waals surface area contributed by atoms with Gasteiger partial charge in [0, 0.05) is 25.1 Å². The van der Waals surface area contributed by atoms with E-state index in [0.29, 0.717) is 12.1 Å². The lowest BCUT2D eigenvalue weighted by molar-refractivity contribution is 0.120. The Labute approximate surface area is 122 Å². The summed E-state index contributed by atoms with van der Waals surface area (Å²) in [6.07, 6.45) is 3.62. The Kier molecular flexibility index (Phi) is 4.03. The largest absolute Gasteiger partial charge is 0.376 e. The molecule has 5 nitrogen and oxygen atoms in total. The fourth-order valence-electron chi connectivity index (χ4n) is 2.41. The van der Waals surface area contributed by atoms with Gasteiger partial charge in [-0.25, -0.2) is 4.98 Å². The van der Waals surface area contributed by atoms with Crippen molar-refractivity contribution in [1.82, 2.24) is 9.97 Å². The molecule has 0 saturated carbocycles. The first-order valence-electron chi connectivity index (χ1n) is 7.14. The second kappa shape index (κ2) is 5.93. The number of hydrogen-bond acceptors (Lipinski definition) is 6. The summed E-state index contributed by atoms with van der Waals surface area (Å²) < 4.78 is 5.65. The average Bonchev–Trinajstić information content (AvgIpc) is 3.12. The number of aryl methyl sites for hydroxylation is 1. The minimum Gasteiger partial charge on any atom is -0.376 e. The molecule has 0 amide bonds. The van der Waals surface area contributed by atoms with Gasteiger partial charge in [-0.2, -0.15) is 4.98 Å². The Balaban J connectivity index is 1.87. The van der Waals surface area contributed by atoms with Gasteiger partial charge in [0.05, 0.1) is 11.5 Å². The predicted octanol–water partition coefficient (Wildman–Crippen LogP) is 2.89. The average molecular weight is 292 g/mol. The lowest BCUT2D eigenvalue weighted by Crippen LogP contribution is -2.19. The van der Waals surface area contributed by atoms with Crippen LogP contribution >= 0.6 is 11.3 Å². The molecular weight excluding hydrogens is 272 g/mol. The van der Waals surface area contributed by atoms with Gasteiger partial charge in [0.15, 0.2) is 0 Å². The first kappa shape index (κ1) is 13.6. The van der Waals surface area contributed by atoms with Crippen LogP contribution in [0.4, 0.5) is 11.8 Å². The molecule has 1 aliphatic heterocycles. The molecule has 2 aromatic heterocycles. The maximum atomic E-state index is 5.65. The zero-order chi connectivity index (χ0) is 13.9. The van der Waals surface area contributed by atoms with Gasteiger partial charge in [0.2, 0.25) is 5.95 Å². The molecule has 6 heteroatoms. The van der Waals surface area contributed by atoms with Crippen molar-refractivity contribution >= 4 is 33.3 Å². The first-order chi connectivity index (χ1) is 9.80. The van der Waals surface area contributed by atoms with Gasteiger partial charge in [-0.15, -0.1) is 11.3 Å². The van der Waals surface area contributed by atoms with E-state index in [1.807, 2.05) is 7.05 Å². The maximum absolute atomic E-state index is 5.65. The van der Waals surface area contributed by atoms with Gasteiger partial charge >= 0.3 is 0 Å². The van der Waals surface area contributed by atoms with Crippen LogP contribution in [0.25, 0.3) is 10.2 Å². The van der Waals surface area contributed by atoms with E-state index in [4.69, 9.17) is 4.74 Å². The van der Waals surface area contributed by atoms with Crippen molar-refractivity contribution in [2.24, 2.45) is 0 Å². The molecule has 0 spiro atoms. The first-order valence-corrected chi connectivity index (χ1v) is 7.95. The van der Waals surface area contributed by atoms with Crippen LogP contribution in [0.2, 0.25) is 0 Å². The molecule has 108 valence electrons. The summed E-state index contributed by atoms with van der Waals surface area (Å²) in [7, 11) is 1.85. The number of ether oxygens (including phenoxy) is 1. The molecule has 1 fully saturated rings. The lowest BCUT2D eigenvalue weighted by Gasteiger charge is -2.12. The molecule has 1 unspecified atom stereocenters. The zero-order valence-corrected chi connectivity index (χ0v) is 12.7. The number of thiophene rings is 1. The fourth-order valence-corrected chi connectivity index (χ4v) is 3.38. The second-order valence-corrected chi connectivity index (χ2v) is 6.06. The normalized spacial score (nSPS) is 18.6. The molecule has 3 rings (SSSR count). The Morgan fingerprint density at radius 3 is 3.05 bits per heavy atom. The highest BCUT2D eigenvalue weighted by atomic mass is 32.1. The summed E-state index contributed by atoms with van der Waals surface area (Å²) in [6, 6.07) is 2.19. The van der Waals surface area contributed by atoms with E-state index in [2.05, 4.69) is 33.6 Å². The summed E-state index contributed by atoms with van der Waals surface area (Å²) in [5.74, 6) is 1.57. The third-order valence-electron chi connectivity index (χ3n) is 3.54. The van der Waals surface area contributed by atoms with Crippen molar-refractivity contribution < 1.29 is 4.74 Å². The smallest absolute Gasteiger partial charge is 0.225 e. The highest BCUT2D eigenvalue weighted by Gasteiger charge is 2.17. The Morgan fingerprint density at radius 1 is 1.45 bits per heavy atom. The fraction of sp³-hybridized carbons (Fsp3) is 0.571. The lowest BCUT2D eigenvalue weighted by atomic mass is 10.2. The SMILES string of the molecule is CCc1cc2c(NCC3CCCO3)nc(NC)nc2s1. The van der Waals surface area contributed by atoms with E-state index in [1.54, 1.807) is 11.3 Å². The molecule has 0 bridgehead atoms. The van der Waals surface area contributed by atoms with Crippen LogP contribution < -0.4 is 10.6 Å². The van der Waals surface area contributed by atoms with Gasteiger partial charge in [-0.05, 0) is 25.3 Å². The summed E-state index contributed by atoms with van der Waals surface area (Å²) in [6.45, 7) is 3.86. The summed E-state index contributed by atoms with van der Waals surface area (Å²) in [5.41, 5.74) is 0. The Hall–Kier alpha value is -1.40. The van der Waals surface area contributed by atoms with Gasteiger partial charge < -0.3 is 15.4 Å². The molecule has 20 heavy (non-hydrogen) atoms. The summed E-state index contributed by atoms with van der Waals surface area (Å²) in [5, 5.41) is 7.57. The number of hydrogen-bond donors (Lipinski definition) is 2. The monoisotopic (exact) mass is 292 g/mol. The third kappa shape index (κ3) is 2.71. The minimum absolute atomic E-state index is 0.308. The Bertz CT molecular complexity index is 592. The van der Waals surface area contributed by atoms with E-state index in [1.165, 1.54) is 4.88 Å². The van der Waals surface area contributed by atoms with Gasteiger partial charge in [-0.1, -0.05) is 6.92 Å². The third-order valence-corrected chi connectivity index (χ3v) is 4.71. The number of aromatic nitrogens is 2. The van der Waals surface area contributed by atoms with E-state index >= 15 is 0 Å². The molecule has 1 saturated heterocycles. The molecule has 0 aromatic carbocycles. The van der Waals surface area contributed by atoms with Crippen LogP contribution in [0.1, 0.15) is 24.6 Å². The quantitative estimate of drug-likeness (QED) is 0.887. The number of nitrogens with zero attached hydrogens (tertiary/aromatic N) is 2. The molecule has 1 atom stereocenters. The van der Waals surface area contributed by atoms with Crippen LogP contribution in [0.15, 0.2) is 6.07 Å². The number of fused-ring (bicyclic) bond motifs is 1. The molecule has 0 radical (unpaired) electrons. The van der Waals surface area contributed by atoms with E-state index in [0.717, 1.165) is 48.4 Å². The predicted molar refractivity (Wildman–Crippen MR) is 83.8 cm³/mol. The van der Waals surface area contributed by atoms with Crippen molar-refractivity contribution in [2.45, 2.75) is 32.3 Å². The number of rotatable bonds is 5. The van der Waals surface area contributed by atoms with Gasteiger partial charge in [-0.3, -0.25) is 0 Å². The topological polar surface area (TPSA) is 59.1 Å². The second-order valence-electron chi connectivity index (χ2n) is 4.95. The van der Waals surface area contributed by atoms with Crippen LogP contribution in [-0.4, -0.2) is 36.3 Å².